The summed E-state index contributed by atoms with van der Waals surface area (Å²) in [7, 11) is 0. The summed E-state index contributed by atoms with van der Waals surface area (Å²) in [4.78, 5) is 7.00. The lowest BCUT2D eigenvalue weighted by Crippen LogP contribution is -2.39. The molecule has 4 heteroatoms. The Morgan fingerprint density at radius 1 is 1.47 bits per heavy atom. The molecule has 1 aromatic rings. The van der Waals surface area contributed by atoms with E-state index in [2.05, 4.69) is 39.6 Å². The minimum atomic E-state index is 0.877. The van der Waals surface area contributed by atoms with Crippen molar-refractivity contribution in [3.8, 4) is 0 Å². The zero-order chi connectivity index (χ0) is 13.4. The van der Waals surface area contributed by atoms with Crippen molar-refractivity contribution in [2.45, 2.75) is 19.8 Å². The molecular formula is C15H16BrN3. The summed E-state index contributed by atoms with van der Waals surface area (Å²) >= 11 is 3.61. The Balaban J connectivity index is 2.13. The van der Waals surface area contributed by atoms with E-state index in [-0.39, 0.29) is 0 Å². The topological polar surface area (TPSA) is 27.6 Å². The summed E-state index contributed by atoms with van der Waals surface area (Å²) in [6.07, 6.45) is 4.06. The zero-order valence-corrected chi connectivity index (χ0v) is 12.5. The molecule has 0 amide bonds. The number of hydrogen-bond acceptors (Lipinski definition) is 3. The Hall–Kier alpha value is -1.55. The van der Waals surface area contributed by atoms with Crippen molar-refractivity contribution in [2.75, 3.05) is 6.54 Å². The highest BCUT2D eigenvalue weighted by atomic mass is 79.9. The third-order valence-corrected chi connectivity index (χ3v) is 4.03. The number of rotatable bonds is 3. The fourth-order valence-electron chi connectivity index (χ4n) is 2.42. The molecule has 1 N–H and O–H groups in total. The number of halogens is 1. The van der Waals surface area contributed by atoms with Crippen molar-refractivity contribution < 1.29 is 0 Å². The maximum atomic E-state index is 4.81. The van der Waals surface area contributed by atoms with Crippen LogP contribution in [-0.2, 0) is 0 Å². The van der Waals surface area contributed by atoms with Crippen LogP contribution >= 0.6 is 15.9 Å². The van der Waals surface area contributed by atoms with Crippen molar-refractivity contribution >= 4 is 33.1 Å². The highest BCUT2D eigenvalue weighted by Gasteiger charge is 2.28. The second-order valence-electron chi connectivity index (χ2n) is 4.71. The fraction of sp³-hybridized carbons (Fsp3) is 0.267. The van der Waals surface area contributed by atoms with Crippen LogP contribution < -0.4 is 5.32 Å². The van der Waals surface area contributed by atoms with Gasteiger partial charge in [0.15, 0.2) is 0 Å². The molecule has 0 aliphatic carbocycles. The van der Waals surface area contributed by atoms with Crippen LogP contribution in [0.5, 0.6) is 0 Å². The Morgan fingerprint density at radius 3 is 2.89 bits per heavy atom. The molecule has 19 heavy (non-hydrogen) atoms. The van der Waals surface area contributed by atoms with E-state index in [1.807, 2.05) is 24.4 Å². The van der Waals surface area contributed by atoms with Crippen LogP contribution in [0.15, 0.2) is 46.1 Å². The predicted molar refractivity (Wildman–Crippen MR) is 83.1 cm³/mol. The van der Waals surface area contributed by atoms with Gasteiger partial charge < -0.3 is 5.32 Å². The summed E-state index contributed by atoms with van der Waals surface area (Å²) in [5.41, 5.74) is 4.34. The molecule has 0 spiro atoms. The summed E-state index contributed by atoms with van der Waals surface area (Å²) in [5.74, 6) is 1.09. The molecule has 1 aromatic carbocycles. The normalized spacial score (nSPS) is 17.2. The first-order valence-electron chi connectivity index (χ1n) is 6.50. The van der Waals surface area contributed by atoms with Gasteiger partial charge in [0.05, 0.1) is 23.6 Å². The Labute approximate surface area is 121 Å². The van der Waals surface area contributed by atoms with Gasteiger partial charge in [0, 0.05) is 22.7 Å². The van der Waals surface area contributed by atoms with Crippen molar-refractivity contribution in [3.63, 3.8) is 0 Å². The molecule has 0 saturated carbocycles. The molecule has 0 unspecified atom stereocenters. The lowest BCUT2D eigenvalue weighted by atomic mass is 10.0. The van der Waals surface area contributed by atoms with Crippen LogP contribution in [0.25, 0.3) is 5.70 Å². The van der Waals surface area contributed by atoms with Gasteiger partial charge in [0.1, 0.15) is 5.84 Å². The predicted octanol–water partition coefficient (Wildman–Crippen LogP) is 4.01. The number of hydrogen-bond donors (Lipinski definition) is 1. The lowest BCUT2D eigenvalue weighted by molar-refractivity contribution is 0.593. The van der Waals surface area contributed by atoms with Gasteiger partial charge in [0.25, 0.3) is 0 Å². The molecule has 0 bridgehead atoms. The van der Waals surface area contributed by atoms with Crippen LogP contribution in [-0.4, -0.2) is 17.3 Å². The summed E-state index contributed by atoms with van der Waals surface area (Å²) in [5, 5.41) is 3.17. The number of nitrogens with one attached hydrogen (secondary N) is 1. The molecule has 3 rings (SSSR count). The SMILES string of the molecule is C=C1c2c(Br)cccc2N=C(CCC)N1C1=CNC1. The van der Waals surface area contributed by atoms with Gasteiger partial charge >= 0.3 is 0 Å². The number of aliphatic imine (C=N–C) groups is 1. The first-order valence-corrected chi connectivity index (χ1v) is 7.29. The van der Waals surface area contributed by atoms with Crippen LogP contribution in [0.3, 0.4) is 0 Å². The molecule has 2 aliphatic heterocycles. The maximum Gasteiger partial charge on any atom is 0.114 e. The van der Waals surface area contributed by atoms with Crippen molar-refractivity contribution in [3.05, 3.63) is 46.7 Å². The van der Waals surface area contributed by atoms with Crippen molar-refractivity contribution in [1.29, 1.82) is 0 Å². The van der Waals surface area contributed by atoms with E-state index in [0.717, 1.165) is 46.6 Å². The van der Waals surface area contributed by atoms with Gasteiger partial charge in [-0.3, -0.25) is 4.90 Å². The summed E-state index contributed by atoms with van der Waals surface area (Å²) in [6.45, 7) is 7.33. The lowest BCUT2D eigenvalue weighted by Gasteiger charge is -2.37. The quantitative estimate of drug-likeness (QED) is 0.912. The molecule has 0 saturated heterocycles. The summed E-state index contributed by atoms with van der Waals surface area (Å²) < 4.78 is 1.05. The number of nitrogens with zero attached hydrogens (tertiary/aromatic N) is 2. The van der Waals surface area contributed by atoms with Gasteiger partial charge in [-0.25, -0.2) is 4.99 Å². The number of benzene rings is 1. The van der Waals surface area contributed by atoms with Gasteiger partial charge in [-0.05, 0) is 18.6 Å². The Bertz CT molecular complexity index is 601. The smallest absolute Gasteiger partial charge is 0.114 e. The standard InChI is InChI=1S/C15H16BrN3/c1-3-5-14-18-13-7-4-6-12(16)15(13)10(2)19(14)11-8-17-9-11/h4,6-8,17H,2-3,5,9H2,1H3. The van der Waals surface area contributed by atoms with E-state index in [1.165, 1.54) is 5.70 Å². The van der Waals surface area contributed by atoms with Crippen molar-refractivity contribution in [1.82, 2.24) is 10.2 Å². The molecule has 2 heterocycles. The highest BCUT2D eigenvalue weighted by molar-refractivity contribution is 9.10. The summed E-state index contributed by atoms with van der Waals surface area (Å²) in [6, 6.07) is 6.10. The Morgan fingerprint density at radius 2 is 2.26 bits per heavy atom. The second-order valence-corrected chi connectivity index (χ2v) is 5.57. The zero-order valence-electron chi connectivity index (χ0n) is 10.9. The van der Waals surface area contributed by atoms with Gasteiger partial charge in [-0.1, -0.05) is 35.5 Å². The highest BCUT2D eigenvalue weighted by Crippen LogP contribution is 2.40. The van der Waals surface area contributed by atoms with Gasteiger partial charge in [-0.15, -0.1) is 0 Å². The van der Waals surface area contributed by atoms with Crippen LogP contribution in [0.4, 0.5) is 5.69 Å². The van der Waals surface area contributed by atoms with Gasteiger partial charge in [-0.2, -0.15) is 0 Å². The largest absolute Gasteiger partial charge is 0.384 e. The second kappa shape index (κ2) is 4.85. The molecule has 0 radical (unpaired) electrons. The number of amidine groups is 1. The third kappa shape index (κ3) is 2.00. The molecule has 2 aliphatic rings. The molecule has 3 nitrogen and oxygen atoms in total. The van der Waals surface area contributed by atoms with Crippen molar-refractivity contribution in [2.24, 2.45) is 4.99 Å². The molecule has 0 atom stereocenters. The molecule has 0 aromatic heterocycles. The fourth-order valence-corrected chi connectivity index (χ4v) is 3.00. The van der Waals surface area contributed by atoms with Gasteiger partial charge in [0.2, 0.25) is 0 Å². The maximum absolute atomic E-state index is 4.81. The van der Waals surface area contributed by atoms with E-state index >= 15 is 0 Å². The van der Waals surface area contributed by atoms with Crippen LogP contribution in [0, 0.1) is 0 Å². The Kier molecular flexibility index (Phi) is 3.19. The van der Waals surface area contributed by atoms with E-state index < -0.39 is 0 Å². The number of fused-ring (bicyclic) bond motifs is 1. The molecule has 0 fully saturated rings. The first-order chi connectivity index (χ1) is 9.22. The van der Waals surface area contributed by atoms with E-state index in [9.17, 15) is 0 Å². The molecule has 98 valence electrons. The van der Waals surface area contributed by atoms with E-state index in [0.29, 0.717) is 0 Å². The average molecular weight is 318 g/mol. The molecular weight excluding hydrogens is 302 g/mol. The average Bonchev–Trinajstić information content (AvgIpc) is 2.31. The monoisotopic (exact) mass is 317 g/mol. The van der Waals surface area contributed by atoms with Crippen LogP contribution in [0.1, 0.15) is 25.3 Å². The van der Waals surface area contributed by atoms with E-state index in [1.54, 1.807) is 0 Å². The minimum absolute atomic E-state index is 0.877. The van der Waals surface area contributed by atoms with E-state index in [4.69, 9.17) is 4.99 Å². The van der Waals surface area contributed by atoms with Crippen LogP contribution in [0.2, 0.25) is 0 Å². The first kappa shape index (κ1) is 12.5. The minimum Gasteiger partial charge on any atom is -0.384 e. The third-order valence-electron chi connectivity index (χ3n) is 3.37.